The van der Waals surface area contributed by atoms with Gasteiger partial charge in [-0.1, -0.05) is 18.2 Å². The minimum Gasteiger partial charge on any atom is -0.497 e. The normalized spacial score (nSPS) is 16.3. The number of rotatable bonds is 7. The van der Waals surface area contributed by atoms with Gasteiger partial charge in [-0.3, -0.25) is 9.59 Å². The molecule has 1 amide bonds. The van der Waals surface area contributed by atoms with Crippen LogP contribution in [0.5, 0.6) is 17.2 Å². The number of nitrogens with one attached hydrogen (secondary N) is 1. The summed E-state index contributed by atoms with van der Waals surface area (Å²) in [6.45, 7) is 0.435. The summed E-state index contributed by atoms with van der Waals surface area (Å²) in [5, 5.41) is 12.2. The number of aliphatic carboxylic acids is 1. The van der Waals surface area contributed by atoms with Gasteiger partial charge in [-0.2, -0.15) is 0 Å². The molecule has 2 unspecified atom stereocenters. The molecule has 0 aromatic heterocycles. The second-order valence-corrected chi connectivity index (χ2v) is 6.49. The quantitative estimate of drug-likeness (QED) is 0.761. The molecule has 0 bridgehead atoms. The Bertz CT molecular complexity index is 866. The third-order valence-electron chi connectivity index (χ3n) is 4.79. The van der Waals surface area contributed by atoms with Crippen molar-refractivity contribution in [3.05, 3.63) is 53.6 Å². The van der Waals surface area contributed by atoms with Gasteiger partial charge in [0.15, 0.2) is 0 Å². The van der Waals surface area contributed by atoms with Crippen molar-refractivity contribution in [3.63, 3.8) is 0 Å². The largest absolute Gasteiger partial charge is 0.497 e. The minimum atomic E-state index is -1.02. The van der Waals surface area contributed by atoms with E-state index in [0.29, 0.717) is 35.8 Å². The molecule has 2 aromatic carbocycles. The maximum Gasteiger partial charge on any atom is 0.305 e. The summed E-state index contributed by atoms with van der Waals surface area (Å²) in [6.07, 6.45) is 0.266. The van der Waals surface area contributed by atoms with Crippen molar-refractivity contribution in [3.8, 4) is 17.2 Å². The van der Waals surface area contributed by atoms with Gasteiger partial charge in [0.25, 0.3) is 0 Å². The highest BCUT2D eigenvalue weighted by atomic mass is 16.5. The molecular formula is C21H23NO6. The number of methoxy groups -OCH3 is 2. The number of carbonyl (C=O) groups excluding carboxylic acids is 1. The third kappa shape index (κ3) is 4.19. The molecule has 3 rings (SSSR count). The van der Waals surface area contributed by atoms with E-state index in [-0.39, 0.29) is 12.3 Å². The Morgan fingerprint density at radius 1 is 1.21 bits per heavy atom. The number of hydrogen-bond donors (Lipinski definition) is 2. The lowest BCUT2D eigenvalue weighted by Crippen LogP contribution is -2.36. The van der Waals surface area contributed by atoms with Crippen LogP contribution in [-0.2, 0) is 9.59 Å². The van der Waals surface area contributed by atoms with E-state index in [1.807, 2.05) is 24.3 Å². The topological polar surface area (TPSA) is 94.1 Å². The molecule has 0 aliphatic carbocycles. The molecule has 148 valence electrons. The molecule has 1 aliphatic rings. The Labute approximate surface area is 163 Å². The average Bonchev–Trinajstić information content (AvgIpc) is 2.71. The summed E-state index contributed by atoms with van der Waals surface area (Å²) in [6, 6.07) is 11.8. The number of ether oxygens (including phenoxy) is 3. The van der Waals surface area contributed by atoms with Crippen molar-refractivity contribution in [1.29, 1.82) is 0 Å². The predicted octanol–water partition coefficient (Wildman–Crippen LogP) is 2.90. The summed E-state index contributed by atoms with van der Waals surface area (Å²) in [5.74, 6) is 0.0734. The van der Waals surface area contributed by atoms with Crippen molar-refractivity contribution in [1.82, 2.24) is 5.32 Å². The van der Waals surface area contributed by atoms with Gasteiger partial charge in [0.05, 0.1) is 39.2 Å². The van der Waals surface area contributed by atoms with E-state index in [0.717, 1.165) is 5.56 Å². The smallest absolute Gasteiger partial charge is 0.305 e. The van der Waals surface area contributed by atoms with Gasteiger partial charge in [0, 0.05) is 17.2 Å². The predicted molar refractivity (Wildman–Crippen MR) is 102 cm³/mol. The second-order valence-electron chi connectivity index (χ2n) is 6.49. The standard InChI is InChI=1S/C21H23NO6/c1-26-13-7-8-16(19(11-13)27-2)17(12-20(23)24)22-21(25)15-9-10-28-18-6-4-3-5-14(15)18/h3-8,11,15,17H,9-10,12H2,1-2H3,(H,22,25)(H,23,24). The van der Waals surface area contributed by atoms with Crippen LogP contribution in [0.3, 0.4) is 0 Å². The second kappa shape index (κ2) is 8.65. The first-order chi connectivity index (χ1) is 13.5. The van der Waals surface area contributed by atoms with Gasteiger partial charge in [-0.15, -0.1) is 0 Å². The molecule has 7 heteroatoms. The van der Waals surface area contributed by atoms with E-state index in [1.54, 1.807) is 18.2 Å². The number of para-hydroxylation sites is 1. The molecule has 0 spiro atoms. The highest BCUT2D eigenvalue weighted by Crippen LogP contribution is 2.35. The summed E-state index contributed by atoms with van der Waals surface area (Å²) in [5.41, 5.74) is 1.39. The fraction of sp³-hybridized carbons (Fsp3) is 0.333. The first-order valence-corrected chi connectivity index (χ1v) is 8.99. The molecule has 1 heterocycles. The van der Waals surface area contributed by atoms with Crippen LogP contribution in [0.1, 0.15) is 35.9 Å². The molecule has 2 atom stereocenters. The van der Waals surface area contributed by atoms with Crippen molar-refractivity contribution in [2.75, 3.05) is 20.8 Å². The number of hydrogen-bond acceptors (Lipinski definition) is 5. The van der Waals surface area contributed by atoms with Gasteiger partial charge < -0.3 is 24.6 Å². The Balaban J connectivity index is 1.88. The van der Waals surface area contributed by atoms with E-state index < -0.39 is 17.9 Å². The number of fused-ring (bicyclic) bond motifs is 1. The molecule has 0 radical (unpaired) electrons. The Hall–Kier alpha value is -3.22. The lowest BCUT2D eigenvalue weighted by atomic mass is 9.91. The van der Waals surface area contributed by atoms with Gasteiger partial charge in [0.1, 0.15) is 17.2 Å². The molecule has 2 aromatic rings. The van der Waals surface area contributed by atoms with Crippen LogP contribution in [0, 0.1) is 0 Å². The van der Waals surface area contributed by atoms with Gasteiger partial charge >= 0.3 is 5.97 Å². The minimum absolute atomic E-state index is 0.236. The summed E-state index contributed by atoms with van der Waals surface area (Å²) >= 11 is 0. The summed E-state index contributed by atoms with van der Waals surface area (Å²) < 4.78 is 16.2. The van der Waals surface area contributed by atoms with Crippen LogP contribution < -0.4 is 19.5 Å². The van der Waals surface area contributed by atoms with Crippen LogP contribution in [0.4, 0.5) is 0 Å². The van der Waals surface area contributed by atoms with Gasteiger partial charge in [-0.25, -0.2) is 0 Å². The number of carbonyl (C=O) groups is 2. The zero-order chi connectivity index (χ0) is 20.1. The monoisotopic (exact) mass is 385 g/mol. The number of amides is 1. The van der Waals surface area contributed by atoms with E-state index in [9.17, 15) is 14.7 Å². The fourth-order valence-electron chi connectivity index (χ4n) is 3.41. The van der Waals surface area contributed by atoms with Crippen molar-refractivity contribution in [2.24, 2.45) is 0 Å². The van der Waals surface area contributed by atoms with Crippen LogP contribution in [-0.4, -0.2) is 37.8 Å². The third-order valence-corrected chi connectivity index (χ3v) is 4.79. The van der Waals surface area contributed by atoms with Crippen LogP contribution in [0.2, 0.25) is 0 Å². The van der Waals surface area contributed by atoms with E-state index >= 15 is 0 Å². The Morgan fingerprint density at radius 3 is 2.71 bits per heavy atom. The highest BCUT2D eigenvalue weighted by molar-refractivity contribution is 5.85. The van der Waals surface area contributed by atoms with Gasteiger partial charge in [-0.05, 0) is 24.6 Å². The lowest BCUT2D eigenvalue weighted by Gasteiger charge is -2.27. The average molecular weight is 385 g/mol. The zero-order valence-corrected chi connectivity index (χ0v) is 15.8. The fourth-order valence-corrected chi connectivity index (χ4v) is 3.41. The van der Waals surface area contributed by atoms with Gasteiger partial charge in [0.2, 0.25) is 5.91 Å². The van der Waals surface area contributed by atoms with Crippen molar-refractivity contribution < 1.29 is 28.9 Å². The number of benzene rings is 2. The number of carboxylic acid groups (broad SMARTS) is 1. The summed E-state index contributed by atoms with van der Waals surface area (Å²) in [7, 11) is 3.03. The van der Waals surface area contributed by atoms with E-state index in [1.165, 1.54) is 14.2 Å². The Kier molecular flexibility index (Phi) is 6.03. The maximum atomic E-state index is 13.0. The molecular weight excluding hydrogens is 362 g/mol. The van der Waals surface area contributed by atoms with E-state index in [4.69, 9.17) is 14.2 Å². The van der Waals surface area contributed by atoms with Crippen molar-refractivity contribution >= 4 is 11.9 Å². The van der Waals surface area contributed by atoms with Crippen LogP contribution >= 0.6 is 0 Å². The van der Waals surface area contributed by atoms with Crippen LogP contribution in [0.25, 0.3) is 0 Å². The molecule has 0 saturated carbocycles. The zero-order valence-electron chi connectivity index (χ0n) is 15.8. The molecule has 2 N–H and O–H groups in total. The van der Waals surface area contributed by atoms with Crippen molar-refractivity contribution in [2.45, 2.75) is 24.8 Å². The molecule has 0 saturated heterocycles. The molecule has 0 fully saturated rings. The Morgan fingerprint density at radius 2 is 2.00 bits per heavy atom. The SMILES string of the molecule is COc1ccc(C(CC(=O)O)NC(=O)C2CCOc3ccccc32)c(OC)c1. The van der Waals surface area contributed by atoms with Crippen LogP contribution in [0.15, 0.2) is 42.5 Å². The first kappa shape index (κ1) is 19.5. The highest BCUT2D eigenvalue weighted by Gasteiger charge is 2.30. The van der Waals surface area contributed by atoms with E-state index in [2.05, 4.69) is 5.32 Å². The maximum absolute atomic E-state index is 13.0. The molecule has 28 heavy (non-hydrogen) atoms. The lowest BCUT2D eigenvalue weighted by molar-refractivity contribution is -0.137. The molecule has 1 aliphatic heterocycles. The summed E-state index contributed by atoms with van der Waals surface area (Å²) in [4.78, 5) is 24.4. The molecule has 7 nitrogen and oxygen atoms in total. The number of carboxylic acids is 1. The first-order valence-electron chi connectivity index (χ1n) is 8.99.